The fourth-order valence-electron chi connectivity index (χ4n) is 3.65. The molecule has 0 radical (unpaired) electrons. The zero-order valence-electron chi connectivity index (χ0n) is 8.13. The molecule has 0 heterocycles. The van der Waals surface area contributed by atoms with Gasteiger partial charge in [0.2, 0.25) is 0 Å². The Morgan fingerprint density at radius 3 is 1.58 bits per heavy atom. The van der Waals surface area contributed by atoms with Crippen LogP contribution in [-0.4, -0.2) is 0 Å². The predicted octanol–water partition coefficient (Wildman–Crippen LogP) is 3.47. The van der Waals surface area contributed by atoms with Crippen molar-refractivity contribution in [3.8, 4) is 0 Å². The molecule has 0 aliphatic heterocycles. The molecule has 0 heteroatoms. The largest absolute Gasteiger partial charge is 0.0651 e. The van der Waals surface area contributed by atoms with E-state index in [1.54, 1.807) is 32.1 Å². The van der Waals surface area contributed by atoms with Crippen molar-refractivity contribution in [3.63, 3.8) is 0 Å². The molecule has 0 aromatic carbocycles. The molecule has 0 saturated heterocycles. The Kier molecular flexibility index (Phi) is 1.54. The second-order valence-electron chi connectivity index (χ2n) is 5.49. The summed E-state index contributed by atoms with van der Waals surface area (Å²) in [5.74, 6) is 5.87. The highest BCUT2D eigenvalue weighted by molar-refractivity contribution is 4.99. The Balaban J connectivity index is 1.50. The van der Waals surface area contributed by atoms with E-state index >= 15 is 0 Å². The quantitative estimate of drug-likeness (QED) is 0.586. The van der Waals surface area contributed by atoms with E-state index in [1.807, 2.05) is 0 Å². The molecule has 3 aliphatic carbocycles. The van der Waals surface area contributed by atoms with Gasteiger partial charge in [0.15, 0.2) is 0 Å². The molecule has 3 fully saturated rings. The van der Waals surface area contributed by atoms with Crippen LogP contribution in [0.2, 0.25) is 0 Å². The van der Waals surface area contributed by atoms with Crippen LogP contribution in [-0.2, 0) is 0 Å². The van der Waals surface area contributed by atoms with Gasteiger partial charge in [0.05, 0.1) is 0 Å². The highest BCUT2D eigenvalue weighted by Gasteiger charge is 2.49. The lowest BCUT2D eigenvalue weighted by atomic mass is 9.66. The average molecular weight is 164 g/mol. The van der Waals surface area contributed by atoms with Gasteiger partial charge in [-0.1, -0.05) is 13.3 Å². The van der Waals surface area contributed by atoms with Crippen molar-refractivity contribution in [1.82, 2.24) is 0 Å². The molecule has 68 valence electrons. The summed E-state index contributed by atoms with van der Waals surface area (Å²) in [6.45, 7) is 2.35. The Morgan fingerprint density at radius 1 is 0.750 bits per heavy atom. The molecule has 0 amide bonds. The lowest BCUT2D eigenvalue weighted by molar-refractivity contribution is 0.115. The predicted molar refractivity (Wildman–Crippen MR) is 50.8 cm³/mol. The van der Waals surface area contributed by atoms with E-state index in [-0.39, 0.29) is 0 Å². The van der Waals surface area contributed by atoms with Crippen molar-refractivity contribution >= 4 is 0 Å². The van der Waals surface area contributed by atoms with E-state index in [2.05, 4.69) is 6.92 Å². The Labute approximate surface area is 75.7 Å². The van der Waals surface area contributed by atoms with Crippen molar-refractivity contribution in [2.24, 2.45) is 29.6 Å². The Morgan fingerprint density at radius 2 is 1.17 bits per heavy atom. The van der Waals surface area contributed by atoms with Crippen LogP contribution in [0.3, 0.4) is 0 Å². The second-order valence-corrected chi connectivity index (χ2v) is 5.49. The van der Waals surface area contributed by atoms with Crippen molar-refractivity contribution in [2.75, 3.05) is 0 Å². The Bertz CT molecular complexity index is 168. The third-order valence-corrected chi connectivity index (χ3v) is 4.80. The van der Waals surface area contributed by atoms with Crippen LogP contribution in [0.5, 0.6) is 0 Å². The molecule has 2 unspecified atom stereocenters. The van der Waals surface area contributed by atoms with Crippen molar-refractivity contribution < 1.29 is 0 Å². The van der Waals surface area contributed by atoms with Gasteiger partial charge in [0, 0.05) is 0 Å². The van der Waals surface area contributed by atoms with Gasteiger partial charge in [-0.15, -0.1) is 0 Å². The maximum absolute atomic E-state index is 2.35. The fraction of sp³-hybridized carbons (Fsp3) is 1.00. The molecule has 0 aromatic heterocycles. The third-order valence-electron chi connectivity index (χ3n) is 4.80. The van der Waals surface area contributed by atoms with Gasteiger partial charge in [-0.05, 0) is 61.7 Å². The van der Waals surface area contributed by atoms with Gasteiger partial charge >= 0.3 is 0 Å². The van der Waals surface area contributed by atoms with Crippen LogP contribution in [0, 0.1) is 29.6 Å². The summed E-state index contributed by atoms with van der Waals surface area (Å²) < 4.78 is 0. The zero-order valence-corrected chi connectivity index (χ0v) is 8.13. The standard InChI is InChI=1S/C12H20/c1-2-8-3-9(4-8)10-5-11-7-12(11)6-10/h8-12H,2-7H2,1H3. The van der Waals surface area contributed by atoms with Gasteiger partial charge in [0.25, 0.3) is 0 Å². The van der Waals surface area contributed by atoms with Crippen LogP contribution in [0.4, 0.5) is 0 Å². The SMILES string of the molecule is CCC1CC(C2CC3CC3C2)C1. The smallest absolute Gasteiger partial charge is 0.0380 e. The van der Waals surface area contributed by atoms with Crippen molar-refractivity contribution in [1.29, 1.82) is 0 Å². The topological polar surface area (TPSA) is 0 Å². The molecule has 0 aromatic rings. The average Bonchev–Trinajstić information content (AvgIpc) is 2.57. The van der Waals surface area contributed by atoms with E-state index in [0.29, 0.717) is 0 Å². The summed E-state index contributed by atoms with van der Waals surface area (Å²) in [6.07, 6.45) is 9.44. The van der Waals surface area contributed by atoms with Crippen LogP contribution in [0.25, 0.3) is 0 Å². The molecule has 0 bridgehead atoms. The molecular formula is C12H20. The Hall–Kier alpha value is 0. The van der Waals surface area contributed by atoms with Gasteiger partial charge in [-0.3, -0.25) is 0 Å². The molecule has 3 aliphatic rings. The van der Waals surface area contributed by atoms with Gasteiger partial charge in [0.1, 0.15) is 0 Å². The molecule has 0 nitrogen and oxygen atoms in total. The maximum atomic E-state index is 2.35. The number of hydrogen-bond acceptors (Lipinski definition) is 0. The molecule has 3 saturated carbocycles. The fourth-order valence-corrected chi connectivity index (χ4v) is 3.65. The normalized spacial score (nSPS) is 56.2. The van der Waals surface area contributed by atoms with Gasteiger partial charge in [-0.2, -0.15) is 0 Å². The first-order valence-corrected chi connectivity index (χ1v) is 5.86. The maximum Gasteiger partial charge on any atom is -0.0380 e. The minimum absolute atomic E-state index is 1.12. The van der Waals surface area contributed by atoms with Gasteiger partial charge in [-0.25, -0.2) is 0 Å². The monoisotopic (exact) mass is 164 g/mol. The number of fused-ring (bicyclic) bond motifs is 1. The molecule has 3 rings (SSSR count). The first-order valence-electron chi connectivity index (χ1n) is 5.86. The third kappa shape index (κ3) is 1.03. The summed E-state index contributed by atoms with van der Waals surface area (Å²) in [4.78, 5) is 0. The minimum Gasteiger partial charge on any atom is -0.0651 e. The molecule has 0 N–H and O–H groups in total. The van der Waals surface area contributed by atoms with Crippen LogP contribution in [0.1, 0.15) is 45.4 Å². The number of rotatable bonds is 2. The summed E-state index contributed by atoms with van der Waals surface area (Å²) in [5, 5.41) is 0. The minimum atomic E-state index is 1.12. The molecule has 0 spiro atoms. The van der Waals surface area contributed by atoms with E-state index in [9.17, 15) is 0 Å². The summed E-state index contributed by atoms with van der Waals surface area (Å²) >= 11 is 0. The van der Waals surface area contributed by atoms with E-state index in [0.717, 1.165) is 5.92 Å². The van der Waals surface area contributed by atoms with E-state index < -0.39 is 0 Å². The lowest BCUT2D eigenvalue weighted by Gasteiger charge is -2.39. The first-order chi connectivity index (χ1) is 5.86. The second kappa shape index (κ2) is 2.49. The zero-order chi connectivity index (χ0) is 8.13. The van der Waals surface area contributed by atoms with Crippen LogP contribution >= 0.6 is 0 Å². The van der Waals surface area contributed by atoms with Crippen LogP contribution < -0.4 is 0 Å². The van der Waals surface area contributed by atoms with E-state index in [1.165, 1.54) is 30.1 Å². The molecule has 12 heavy (non-hydrogen) atoms. The summed E-state index contributed by atoms with van der Waals surface area (Å²) in [5.41, 5.74) is 0. The van der Waals surface area contributed by atoms with E-state index in [4.69, 9.17) is 0 Å². The summed E-state index contributed by atoms with van der Waals surface area (Å²) in [6, 6.07) is 0. The summed E-state index contributed by atoms with van der Waals surface area (Å²) in [7, 11) is 0. The highest BCUT2D eigenvalue weighted by atomic mass is 14.5. The number of hydrogen-bond donors (Lipinski definition) is 0. The van der Waals surface area contributed by atoms with Crippen LogP contribution in [0.15, 0.2) is 0 Å². The van der Waals surface area contributed by atoms with Gasteiger partial charge < -0.3 is 0 Å². The molecule has 2 atom stereocenters. The first kappa shape index (κ1) is 7.41. The lowest BCUT2D eigenvalue weighted by Crippen LogP contribution is -2.29. The van der Waals surface area contributed by atoms with Crippen molar-refractivity contribution in [2.45, 2.75) is 45.4 Å². The highest BCUT2D eigenvalue weighted by Crippen LogP contribution is 2.59. The van der Waals surface area contributed by atoms with Crippen molar-refractivity contribution in [3.05, 3.63) is 0 Å². The molecular weight excluding hydrogens is 144 g/mol.